The van der Waals surface area contributed by atoms with E-state index in [0.29, 0.717) is 40.5 Å². The number of ether oxygens (including phenoxy) is 1. The largest absolute Gasteiger partial charge is 0.477 e. The molecule has 0 aliphatic carbocycles. The van der Waals surface area contributed by atoms with E-state index in [1.807, 2.05) is 10.9 Å². The lowest BCUT2D eigenvalue weighted by molar-refractivity contribution is 0.0945. The standard InChI is InChI=1S/C26H30N8O3S/c1-17-21(12-18(13-28-17)23(35)27-6-10-32-7-3-2-4-8-32)31-24(36)20-15-30-34-16-22(38-26(20)34)19-14-29-33-9-5-11-37-25(19)33/h12-16H,2-11H2,1H3,(H,27,35)(H,31,36). The van der Waals surface area contributed by atoms with Crippen LogP contribution in [0.15, 0.2) is 30.9 Å². The third-order valence-electron chi connectivity index (χ3n) is 7.01. The summed E-state index contributed by atoms with van der Waals surface area (Å²) in [6, 6.07) is 1.67. The summed E-state index contributed by atoms with van der Waals surface area (Å²) in [4.78, 5) is 34.4. The molecule has 0 spiro atoms. The molecular weight excluding hydrogens is 504 g/mol. The molecule has 2 aliphatic heterocycles. The van der Waals surface area contributed by atoms with Gasteiger partial charge in [0.1, 0.15) is 4.83 Å². The summed E-state index contributed by atoms with van der Waals surface area (Å²) < 4.78 is 9.39. The van der Waals surface area contributed by atoms with Gasteiger partial charge in [-0.25, -0.2) is 9.20 Å². The Morgan fingerprint density at radius 3 is 2.79 bits per heavy atom. The fourth-order valence-corrected chi connectivity index (χ4v) is 5.95. The van der Waals surface area contributed by atoms with E-state index in [-0.39, 0.29) is 11.8 Å². The lowest BCUT2D eigenvalue weighted by atomic mass is 10.1. The van der Waals surface area contributed by atoms with E-state index >= 15 is 0 Å². The molecule has 6 heterocycles. The van der Waals surface area contributed by atoms with Crippen molar-refractivity contribution in [3.8, 4) is 16.3 Å². The molecule has 0 bridgehead atoms. The second-order valence-corrected chi connectivity index (χ2v) is 10.7. The molecule has 0 atom stereocenters. The summed E-state index contributed by atoms with van der Waals surface area (Å²) in [5.41, 5.74) is 2.87. The van der Waals surface area contributed by atoms with Gasteiger partial charge in [0, 0.05) is 38.4 Å². The van der Waals surface area contributed by atoms with Gasteiger partial charge in [-0.2, -0.15) is 10.2 Å². The zero-order chi connectivity index (χ0) is 26.1. The van der Waals surface area contributed by atoms with Crippen LogP contribution in [0.5, 0.6) is 5.88 Å². The third kappa shape index (κ3) is 4.88. The SMILES string of the molecule is Cc1ncc(C(=O)NCCN2CCCCC2)cc1NC(=O)c1cnn2cc(-c3cnn4c3OCCC4)sc12. The second kappa shape index (κ2) is 10.5. The number of fused-ring (bicyclic) bond motifs is 2. The lowest BCUT2D eigenvalue weighted by Crippen LogP contribution is -2.37. The summed E-state index contributed by atoms with van der Waals surface area (Å²) in [5, 5.41) is 14.7. The molecule has 4 aromatic rings. The van der Waals surface area contributed by atoms with Crippen molar-refractivity contribution in [2.24, 2.45) is 0 Å². The van der Waals surface area contributed by atoms with Crippen molar-refractivity contribution < 1.29 is 14.3 Å². The van der Waals surface area contributed by atoms with Crippen molar-refractivity contribution in [2.45, 2.75) is 39.2 Å². The molecule has 2 amide bonds. The Hall–Kier alpha value is -3.77. The number of hydrogen-bond acceptors (Lipinski definition) is 8. The molecule has 0 radical (unpaired) electrons. The van der Waals surface area contributed by atoms with Gasteiger partial charge < -0.3 is 20.3 Å². The number of carbonyl (C=O) groups excluding carboxylic acids is 2. The monoisotopic (exact) mass is 534 g/mol. The van der Waals surface area contributed by atoms with E-state index in [1.165, 1.54) is 30.6 Å². The molecule has 6 rings (SSSR count). The maximum Gasteiger partial charge on any atom is 0.260 e. The van der Waals surface area contributed by atoms with Crippen LogP contribution < -0.4 is 15.4 Å². The minimum atomic E-state index is -0.311. The van der Waals surface area contributed by atoms with E-state index in [2.05, 4.69) is 30.7 Å². The highest BCUT2D eigenvalue weighted by Crippen LogP contribution is 2.37. The fourth-order valence-electron chi connectivity index (χ4n) is 4.89. The maximum absolute atomic E-state index is 13.3. The van der Waals surface area contributed by atoms with Crippen molar-refractivity contribution in [3.05, 3.63) is 47.7 Å². The van der Waals surface area contributed by atoms with Gasteiger partial charge in [-0.15, -0.1) is 11.3 Å². The van der Waals surface area contributed by atoms with Crippen LogP contribution in [0.25, 0.3) is 15.3 Å². The lowest BCUT2D eigenvalue weighted by Gasteiger charge is -2.26. The van der Waals surface area contributed by atoms with Crippen LogP contribution in [0.1, 0.15) is 52.1 Å². The van der Waals surface area contributed by atoms with Crippen LogP contribution >= 0.6 is 11.3 Å². The van der Waals surface area contributed by atoms with Crippen molar-refractivity contribution in [2.75, 3.05) is 38.1 Å². The molecule has 0 aromatic carbocycles. The van der Waals surface area contributed by atoms with Crippen molar-refractivity contribution in [3.63, 3.8) is 0 Å². The molecule has 38 heavy (non-hydrogen) atoms. The number of nitrogens with zero attached hydrogens (tertiary/aromatic N) is 6. The average Bonchev–Trinajstić information content (AvgIpc) is 3.64. The van der Waals surface area contributed by atoms with E-state index in [9.17, 15) is 9.59 Å². The Labute approximate surface area is 223 Å². The number of carbonyl (C=O) groups is 2. The molecule has 1 fully saturated rings. The predicted octanol–water partition coefficient (Wildman–Crippen LogP) is 3.21. The Kier molecular flexibility index (Phi) is 6.81. The van der Waals surface area contributed by atoms with Gasteiger partial charge in [0.2, 0.25) is 5.88 Å². The predicted molar refractivity (Wildman–Crippen MR) is 144 cm³/mol. The number of rotatable bonds is 7. The molecule has 0 saturated carbocycles. The molecule has 2 N–H and O–H groups in total. The van der Waals surface area contributed by atoms with Gasteiger partial charge >= 0.3 is 0 Å². The zero-order valence-corrected chi connectivity index (χ0v) is 22.1. The van der Waals surface area contributed by atoms with E-state index in [1.54, 1.807) is 36.1 Å². The van der Waals surface area contributed by atoms with Crippen LogP contribution in [0, 0.1) is 6.92 Å². The summed E-state index contributed by atoms with van der Waals surface area (Å²) in [6.45, 7) is 6.88. The molecule has 4 aromatic heterocycles. The van der Waals surface area contributed by atoms with Gasteiger partial charge in [-0.05, 0) is 38.9 Å². The summed E-state index contributed by atoms with van der Waals surface area (Å²) in [6.07, 6.45) is 11.4. The quantitative estimate of drug-likeness (QED) is 0.374. The van der Waals surface area contributed by atoms with Crippen LogP contribution in [0.4, 0.5) is 5.69 Å². The smallest absolute Gasteiger partial charge is 0.260 e. The maximum atomic E-state index is 13.3. The molecule has 12 heteroatoms. The third-order valence-corrected chi connectivity index (χ3v) is 8.16. The average molecular weight is 535 g/mol. The molecule has 2 aliphatic rings. The summed E-state index contributed by atoms with van der Waals surface area (Å²) in [5.74, 6) is 0.237. The number of aryl methyl sites for hydroxylation is 2. The second-order valence-electron chi connectivity index (χ2n) is 9.66. The first-order valence-corrected chi connectivity index (χ1v) is 13.8. The highest BCUT2D eigenvalue weighted by molar-refractivity contribution is 7.21. The molecular formula is C26H30N8O3S. The number of hydrogen-bond donors (Lipinski definition) is 2. The van der Waals surface area contributed by atoms with Crippen molar-refractivity contribution in [1.82, 2.24) is 34.6 Å². The molecule has 1 saturated heterocycles. The number of amides is 2. The number of thiazole rings is 1. The van der Waals surface area contributed by atoms with Crippen LogP contribution in [-0.4, -0.2) is 73.9 Å². The first-order valence-electron chi connectivity index (χ1n) is 13.0. The number of likely N-dealkylation sites (tertiary alicyclic amines) is 1. The minimum absolute atomic E-state index is 0.201. The van der Waals surface area contributed by atoms with E-state index in [0.717, 1.165) is 48.9 Å². The van der Waals surface area contributed by atoms with Crippen molar-refractivity contribution in [1.29, 1.82) is 0 Å². The Bertz CT molecular complexity index is 1480. The number of piperidine rings is 1. The fraction of sp³-hybridized carbons (Fsp3) is 0.423. The van der Waals surface area contributed by atoms with Gasteiger partial charge in [-0.1, -0.05) is 6.42 Å². The Balaban J connectivity index is 1.15. The Morgan fingerprint density at radius 2 is 1.92 bits per heavy atom. The minimum Gasteiger partial charge on any atom is -0.477 e. The van der Waals surface area contributed by atoms with E-state index < -0.39 is 0 Å². The van der Waals surface area contributed by atoms with Gasteiger partial charge in [0.15, 0.2) is 0 Å². The topological polar surface area (TPSA) is 119 Å². The van der Waals surface area contributed by atoms with Crippen molar-refractivity contribution >= 4 is 33.7 Å². The normalized spacial score (nSPS) is 15.7. The molecule has 198 valence electrons. The van der Waals surface area contributed by atoms with Crippen LogP contribution in [0.2, 0.25) is 0 Å². The zero-order valence-electron chi connectivity index (χ0n) is 21.3. The van der Waals surface area contributed by atoms with Gasteiger partial charge in [0.05, 0.1) is 51.9 Å². The van der Waals surface area contributed by atoms with Gasteiger partial charge in [-0.3, -0.25) is 14.6 Å². The molecule has 0 unspecified atom stereocenters. The first kappa shape index (κ1) is 24.6. The van der Waals surface area contributed by atoms with Crippen LogP contribution in [-0.2, 0) is 6.54 Å². The van der Waals surface area contributed by atoms with E-state index in [4.69, 9.17) is 4.74 Å². The number of aromatic nitrogens is 5. The highest BCUT2D eigenvalue weighted by atomic mass is 32.1. The number of nitrogens with one attached hydrogen (secondary N) is 2. The summed E-state index contributed by atoms with van der Waals surface area (Å²) >= 11 is 1.46. The molecule has 11 nitrogen and oxygen atoms in total. The summed E-state index contributed by atoms with van der Waals surface area (Å²) in [7, 11) is 0. The first-order chi connectivity index (χ1) is 18.6. The number of pyridine rings is 1. The highest BCUT2D eigenvalue weighted by Gasteiger charge is 2.22. The Morgan fingerprint density at radius 1 is 1.05 bits per heavy atom. The van der Waals surface area contributed by atoms with Gasteiger partial charge in [0.25, 0.3) is 11.8 Å². The number of anilines is 1. The van der Waals surface area contributed by atoms with Crippen LogP contribution in [0.3, 0.4) is 0 Å².